The molecule has 0 amide bonds. The molecule has 1 atom stereocenters. The molecule has 0 spiro atoms. The maximum absolute atomic E-state index is 12.2. The highest BCUT2D eigenvalue weighted by Crippen LogP contribution is 2.17. The molecular formula is C7H14FNO3S. The molecule has 1 aliphatic rings. The Morgan fingerprint density at radius 1 is 1.46 bits per heavy atom. The Hall–Kier alpha value is -0.200. The van der Waals surface area contributed by atoms with Gasteiger partial charge in [-0.3, -0.25) is 0 Å². The quantitative estimate of drug-likeness (QED) is 0.626. The SMILES string of the molecule is O=S(=O)(F)CC(O)C1CCNCC1. The number of rotatable bonds is 3. The fraction of sp³-hybridized carbons (Fsp3) is 1.00. The average Bonchev–Trinajstić information content (AvgIpc) is 2.03. The Labute approximate surface area is 77.4 Å². The average molecular weight is 211 g/mol. The van der Waals surface area contributed by atoms with Crippen LogP contribution in [0.1, 0.15) is 12.8 Å². The first kappa shape index (κ1) is 10.9. The third-order valence-electron chi connectivity index (χ3n) is 2.30. The molecule has 78 valence electrons. The van der Waals surface area contributed by atoms with Gasteiger partial charge in [0.25, 0.3) is 0 Å². The van der Waals surface area contributed by atoms with Crippen molar-refractivity contribution in [1.82, 2.24) is 5.32 Å². The van der Waals surface area contributed by atoms with Gasteiger partial charge in [-0.1, -0.05) is 0 Å². The van der Waals surface area contributed by atoms with Crippen LogP contribution in [-0.2, 0) is 10.2 Å². The van der Waals surface area contributed by atoms with E-state index in [1.807, 2.05) is 0 Å². The summed E-state index contributed by atoms with van der Waals surface area (Å²) in [5, 5.41) is 12.4. The van der Waals surface area contributed by atoms with Gasteiger partial charge < -0.3 is 10.4 Å². The second kappa shape index (κ2) is 4.34. The largest absolute Gasteiger partial charge is 0.392 e. The van der Waals surface area contributed by atoms with Crippen LogP contribution in [0.25, 0.3) is 0 Å². The van der Waals surface area contributed by atoms with Gasteiger partial charge in [0, 0.05) is 0 Å². The van der Waals surface area contributed by atoms with Crippen molar-refractivity contribution in [2.24, 2.45) is 5.92 Å². The van der Waals surface area contributed by atoms with Crippen LogP contribution in [0.5, 0.6) is 0 Å². The topological polar surface area (TPSA) is 66.4 Å². The Morgan fingerprint density at radius 2 is 2.00 bits per heavy atom. The third kappa shape index (κ3) is 4.02. The molecule has 0 saturated carbocycles. The first-order valence-electron chi connectivity index (χ1n) is 4.30. The zero-order valence-corrected chi connectivity index (χ0v) is 8.06. The molecule has 0 aromatic heterocycles. The molecule has 1 aliphatic heterocycles. The van der Waals surface area contributed by atoms with Gasteiger partial charge in [0.1, 0.15) is 5.75 Å². The van der Waals surface area contributed by atoms with Crippen LogP contribution < -0.4 is 5.32 Å². The maximum atomic E-state index is 12.2. The van der Waals surface area contributed by atoms with Crippen LogP contribution in [-0.4, -0.2) is 38.5 Å². The van der Waals surface area contributed by atoms with E-state index in [9.17, 15) is 17.4 Å². The summed E-state index contributed by atoms with van der Waals surface area (Å²) in [6.45, 7) is 1.52. The van der Waals surface area contributed by atoms with Crippen molar-refractivity contribution >= 4 is 10.2 Å². The predicted molar refractivity (Wildman–Crippen MR) is 46.5 cm³/mol. The molecule has 2 N–H and O–H groups in total. The summed E-state index contributed by atoms with van der Waals surface area (Å²) < 4.78 is 32.7. The van der Waals surface area contributed by atoms with Crippen molar-refractivity contribution in [3.05, 3.63) is 0 Å². The van der Waals surface area contributed by atoms with Crippen molar-refractivity contribution in [2.45, 2.75) is 18.9 Å². The summed E-state index contributed by atoms with van der Waals surface area (Å²) in [4.78, 5) is 0. The van der Waals surface area contributed by atoms with Gasteiger partial charge in [-0.05, 0) is 31.8 Å². The molecule has 1 saturated heterocycles. The van der Waals surface area contributed by atoms with Gasteiger partial charge in [0.15, 0.2) is 0 Å². The summed E-state index contributed by atoms with van der Waals surface area (Å²) in [5.74, 6) is -0.857. The Kier molecular flexibility index (Phi) is 3.63. The van der Waals surface area contributed by atoms with Crippen LogP contribution in [0, 0.1) is 5.92 Å². The molecule has 0 aromatic rings. The van der Waals surface area contributed by atoms with E-state index in [1.165, 1.54) is 0 Å². The maximum Gasteiger partial charge on any atom is 0.304 e. The molecule has 0 bridgehead atoms. The molecule has 13 heavy (non-hydrogen) atoms. The van der Waals surface area contributed by atoms with Crippen LogP contribution in [0.3, 0.4) is 0 Å². The lowest BCUT2D eigenvalue weighted by Crippen LogP contribution is -2.36. The fourth-order valence-electron chi connectivity index (χ4n) is 1.57. The molecule has 1 unspecified atom stereocenters. The Balaban J connectivity index is 2.42. The van der Waals surface area contributed by atoms with E-state index >= 15 is 0 Å². The van der Waals surface area contributed by atoms with Crippen LogP contribution in [0.4, 0.5) is 3.89 Å². The molecule has 6 heteroatoms. The molecule has 0 aromatic carbocycles. The number of piperidine rings is 1. The summed E-state index contributed by atoms with van der Waals surface area (Å²) in [5.41, 5.74) is 0. The van der Waals surface area contributed by atoms with E-state index in [0.29, 0.717) is 12.8 Å². The van der Waals surface area contributed by atoms with E-state index in [1.54, 1.807) is 0 Å². The van der Waals surface area contributed by atoms with Crippen molar-refractivity contribution in [2.75, 3.05) is 18.8 Å². The highest BCUT2D eigenvalue weighted by Gasteiger charge is 2.25. The van der Waals surface area contributed by atoms with Crippen molar-refractivity contribution in [1.29, 1.82) is 0 Å². The molecular weight excluding hydrogens is 197 g/mol. The van der Waals surface area contributed by atoms with Gasteiger partial charge >= 0.3 is 10.2 Å². The van der Waals surface area contributed by atoms with Crippen LogP contribution >= 0.6 is 0 Å². The van der Waals surface area contributed by atoms with E-state index in [2.05, 4.69) is 5.32 Å². The summed E-state index contributed by atoms with van der Waals surface area (Å²) in [6, 6.07) is 0. The molecule has 4 nitrogen and oxygen atoms in total. The highest BCUT2D eigenvalue weighted by atomic mass is 32.3. The number of hydrogen-bond acceptors (Lipinski definition) is 4. The van der Waals surface area contributed by atoms with E-state index in [-0.39, 0.29) is 5.92 Å². The standard InChI is InChI=1S/C7H14FNO3S/c8-13(11,12)5-7(10)6-1-3-9-4-2-6/h6-7,9-10H,1-5H2. The number of nitrogens with one attached hydrogen (secondary N) is 1. The second-order valence-electron chi connectivity index (χ2n) is 3.36. The molecule has 0 aliphatic carbocycles. The lowest BCUT2D eigenvalue weighted by atomic mass is 9.93. The zero-order chi connectivity index (χ0) is 9.90. The lowest BCUT2D eigenvalue weighted by molar-refractivity contribution is 0.107. The number of aliphatic hydroxyl groups is 1. The van der Waals surface area contributed by atoms with E-state index in [4.69, 9.17) is 0 Å². The van der Waals surface area contributed by atoms with Crippen molar-refractivity contribution in [3.8, 4) is 0 Å². The molecule has 1 heterocycles. The smallest absolute Gasteiger partial charge is 0.304 e. The first-order valence-corrected chi connectivity index (χ1v) is 5.85. The number of hydrogen-bond donors (Lipinski definition) is 2. The van der Waals surface area contributed by atoms with Crippen LogP contribution in [0.15, 0.2) is 0 Å². The fourth-order valence-corrected chi connectivity index (χ4v) is 2.25. The predicted octanol–water partition coefficient (Wildman–Crippen LogP) is -0.354. The summed E-state index contributed by atoms with van der Waals surface area (Å²) in [7, 11) is -4.54. The van der Waals surface area contributed by atoms with Crippen molar-refractivity contribution in [3.63, 3.8) is 0 Å². The Morgan fingerprint density at radius 3 is 2.46 bits per heavy atom. The summed E-state index contributed by atoms with van der Waals surface area (Å²) >= 11 is 0. The summed E-state index contributed by atoms with van der Waals surface area (Å²) in [6.07, 6.45) is 0.352. The Bertz CT molecular complexity index is 248. The van der Waals surface area contributed by atoms with Gasteiger partial charge in [0.2, 0.25) is 0 Å². The molecule has 1 fully saturated rings. The lowest BCUT2D eigenvalue weighted by Gasteiger charge is -2.26. The van der Waals surface area contributed by atoms with Crippen molar-refractivity contribution < 1.29 is 17.4 Å². The van der Waals surface area contributed by atoms with E-state index < -0.39 is 22.1 Å². The van der Waals surface area contributed by atoms with Gasteiger partial charge in [0.05, 0.1) is 6.10 Å². The minimum absolute atomic E-state index is 0.0909. The van der Waals surface area contributed by atoms with Gasteiger partial charge in [-0.15, -0.1) is 3.89 Å². The molecule has 0 radical (unpaired) electrons. The normalized spacial score (nSPS) is 22.9. The van der Waals surface area contributed by atoms with Crippen LogP contribution in [0.2, 0.25) is 0 Å². The second-order valence-corrected chi connectivity index (χ2v) is 4.77. The third-order valence-corrected chi connectivity index (χ3v) is 3.04. The monoisotopic (exact) mass is 211 g/mol. The molecule has 1 rings (SSSR count). The first-order chi connectivity index (χ1) is 5.99. The minimum Gasteiger partial charge on any atom is -0.392 e. The zero-order valence-electron chi connectivity index (χ0n) is 7.24. The number of halogens is 1. The number of aliphatic hydroxyl groups excluding tert-OH is 1. The van der Waals surface area contributed by atoms with Gasteiger partial charge in [-0.2, -0.15) is 8.42 Å². The van der Waals surface area contributed by atoms with Gasteiger partial charge in [-0.25, -0.2) is 0 Å². The highest BCUT2D eigenvalue weighted by molar-refractivity contribution is 7.86. The minimum atomic E-state index is -4.54. The van der Waals surface area contributed by atoms with E-state index in [0.717, 1.165) is 13.1 Å².